The first-order chi connectivity index (χ1) is 9.48. The third-order valence-electron chi connectivity index (χ3n) is 2.80. The smallest absolute Gasteiger partial charge is 0.305 e. The number of ether oxygens (including phenoxy) is 1. The molecule has 0 aromatic carbocycles. The lowest BCUT2D eigenvalue weighted by atomic mass is 9.87. The van der Waals surface area contributed by atoms with Gasteiger partial charge in [-0.15, -0.1) is 5.10 Å². The molecule has 21 heavy (non-hydrogen) atoms. The van der Waals surface area contributed by atoms with Gasteiger partial charge in [-0.1, -0.05) is 20.8 Å². The van der Waals surface area contributed by atoms with Crippen LogP contribution in [0.5, 0.6) is 0 Å². The van der Waals surface area contributed by atoms with Crippen molar-refractivity contribution in [3.63, 3.8) is 0 Å². The van der Waals surface area contributed by atoms with E-state index in [1.165, 1.54) is 0 Å². The Kier molecular flexibility index (Phi) is 5.44. The maximum absolute atomic E-state index is 11.1. The van der Waals surface area contributed by atoms with Crippen molar-refractivity contribution in [2.45, 2.75) is 72.6 Å². The number of hydrogen-bond acceptors (Lipinski definition) is 5. The molecule has 1 heterocycles. The van der Waals surface area contributed by atoms with Crippen LogP contribution in [-0.4, -0.2) is 36.9 Å². The average Bonchev–Trinajstić information content (AvgIpc) is 2.69. The van der Waals surface area contributed by atoms with Gasteiger partial charge in [-0.05, 0) is 43.0 Å². The molecule has 0 amide bonds. The number of carbonyl (C=O) groups is 1. The number of carboxylic acid groups (broad SMARTS) is 1. The van der Waals surface area contributed by atoms with E-state index in [0.717, 1.165) is 0 Å². The van der Waals surface area contributed by atoms with E-state index in [2.05, 4.69) is 36.3 Å². The number of hydrogen-bond donors (Lipinski definition) is 1. The molecule has 0 aliphatic carbocycles. The van der Waals surface area contributed by atoms with E-state index < -0.39 is 5.97 Å². The number of nitrogens with zero attached hydrogens (tertiary/aromatic N) is 4. The summed E-state index contributed by atoms with van der Waals surface area (Å²) >= 11 is 0. The third kappa shape index (κ3) is 6.66. The fourth-order valence-electron chi connectivity index (χ4n) is 2.03. The van der Waals surface area contributed by atoms with Crippen molar-refractivity contribution >= 4 is 5.97 Å². The van der Waals surface area contributed by atoms with Gasteiger partial charge in [-0.25, -0.2) is 4.68 Å². The lowest BCUT2D eigenvalue weighted by Gasteiger charge is -2.26. The molecule has 1 aromatic rings. The van der Waals surface area contributed by atoms with E-state index in [1.54, 1.807) is 4.68 Å². The molecule has 0 bridgehead atoms. The Labute approximate surface area is 125 Å². The Morgan fingerprint density at radius 1 is 1.29 bits per heavy atom. The molecule has 1 N–H and O–H groups in total. The van der Waals surface area contributed by atoms with E-state index in [0.29, 0.717) is 12.2 Å². The molecule has 120 valence electrons. The van der Waals surface area contributed by atoms with Gasteiger partial charge in [0.05, 0.1) is 18.1 Å². The Balaban J connectivity index is 2.92. The highest BCUT2D eigenvalue weighted by Crippen LogP contribution is 2.30. The van der Waals surface area contributed by atoms with Gasteiger partial charge in [0.15, 0.2) is 5.82 Å². The van der Waals surface area contributed by atoms with Crippen LogP contribution in [0.25, 0.3) is 0 Å². The molecule has 7 heteroatoms. The van der Waals surface area contributed by atoms with E-state index in [9.17, 15) is 4.79 Å². The molecule has 1 atom stereocenters. The van der Waals surface area contributed by atoms with Crippen molar-refractivity contribution in [1.82, 2.24) is 20.2 Å². The molecule has 0 aliphatic rings. The molecule has 1 rings (SSSR count). The standard InChI is InChI=1S/C14H26N4O3/c1-13(2,3)8-10(7-12(19)20)18-11(15-16-17-18)9-21-14(4,5)6/h10H,7-9H2,1-6H3,(H,19,20). The van der Waals surface area contributed by atoms with Gasteiger partial charge in [-0.3, -0.25) is 4.79 Å². The number of rotatable bonds is 6. The Morgan fingerprint density at radius 3 is 2.38 bits per heavy atom. The van der Waals surface area contributed by atoms with E-state index in [1.807, 2.05) is 20.8 Å². The first-order valence-electron chi connectivity index (χ1n) is 7.10. The number of aromatic nitrogens is 4. The molecule has 7 nitrogen and oxygen atoms in total. The van der Waals surface area contributed by atoms with Crippen LogP contribution in [0, 0.1) is 5.41 Å². The van der Waals surface area contributed by atoms with Gasteiger partial charge < -0.3 is 9.84 Å². The summed E-state index contributed by atoms with van der Waals surface area (Å²) in [5.74, 6) is -0.303. The highest BCUT2D eigenvalue weighted by molar-refractivity contribution is 5.67. The normalized spacial score (nSPS) is 14.2. The SMILES string of the molecule is CC(C)(C)CC(CC(=O)O)n1nnnc1COC(C)(C)C. The zero-order valence-corrected chi connectivity index (χ0v) is 13.8. The summed E-state index contributed by atoms with van der Waals surface area (Å²) in [6, 6.07) is -0.281. The lowest BCUT2D eigenvalue weighted by Crippen LogP contribution is -2.25. The van der Waals surface area contributed by atoms with Gasteiger partial charge in [0.2, 0.25) is 0 Å². The molecule has 0 fully saturated rings. The summed E-state index contributed by atoms with van der Waals surface area (Å²) in [5.41, 5.74) is -0.322. The summed E-state index contributed by atoms with van der Waals surface area (Å²) in [5, 5.41) is 20.7. The molecule has 0 aliphatic heterocycles. The van der Waals surface area contributed by atoms with Gasteiger partial charge >= 0.3 is 5.97 Å². The monoisotopic (exact) mass is 298 g/mol. The molecule has 0 saturated carbocycles. The zero-order chi connectivity index (χ0) is 16.3. The van der Waals surface area contributed by atoms with Gasteiger partial charge in [-0.2, -0.15) is 0 Å². The molecule has 0 spiro atoms. The van der Waals surface area contributed by atoms with Crippen LogP contribution in [0.4, 0.5) is 0 Å². The molecular weight excluding hydrogens is 272 g/mol. The summed E-state index contributed by atoms with van der Waals surface area (Å²) in [7, 11) is 0. The number of tetrazole rings is 1. The maximum Gasteiger partial charge on any atom is 0.305 e. The van der Waals surface area contributed by atoms with E-state index in [-0.39, 0.29) is 30.1 Å². The maximum atomic E-state index is 11.1. The second-order valence-electron chi connectivity index (χ2n) is 7.46. The fourth-order valence-corrected chi connectivity index (χ4v) is 2.03. The van der Waals surface area contributed by atoms with Crippen LogP contribution in [0.3, 0.4) is 0 Å². The van der Waals surface area contributed by atoms with Crippen LogP contribution < -0.4 is 0 Å². The van der Waals surface area contributed by atoms with Crippen LogP contribution >= 0.6 is 0 Å². The highest BCUT2D eigenvalue weighted by Gasteiger charge is 2.26. The van der Waals surface area contributed by atoms with Crippen LogP contribution in [0.2, 0.25) is 0 Å². The second kappa shape index (κ2) is 6.51. The van der Waals surface area contributed by atoms with Gasteiger partial charge in [0, 0.05) is 0 Å². The first-order valence-corrected chi connectivity index (χ1v) is 7.10. The third-order valence-corrected chi connectivity index (χ3v) is 2.80. The van der Waals surface area contributed by atoms with Crippen molar-refractivity contribution in [3.05, 3.63) is 5.82 Å². The topological polar surface area (TPSA) is 90.1 Å². The predicted molar refractivity (Wildman–Crippen MR) is 77.7 cm³/mol. The Hall–Kier alpha value is -1.50. The first kappa shape index (κ1) is 17.6. The Bertz CT molecular complexity index is 471. The molecule has 1 unspecified atom stereocenters. The summed E-state index contributed by atoms with van der Waals surface area (Å²) in [6.45, 7) is 12.3. The van der Waals surface area contributed by atoms with E-state index in [4.69, 9.17) is 9.84 Å². The largest absolute Gasteiger partial charge is 0.481 e. The number of aliphatic carboxylic acids is 1. The zero-order valence-electron chi connectivity index (χ0n) is 13.8. The lowest BCUT2D eigenvalue weighted by molar-refractivity contribution is -0.138. The fraction of sp³-hybridized carbons (Fsp3) is 0.857. The van der Waals surface area contributed by atoms with E-state index >= 15 is 0 Å². The minimum atomic E-state index is -0.859. The van der Waals surface area contributed by atoms with Crippen molar-refractivity contribution < 1.29 is 14.6 Å². The predicted octanol–water partition coefficient (Wildman–Crippen LogP) is 2.44. The molecule has 0 saturated heterocycles. The second-order valence-corrected chi connectivity index (χ2v) is 7.46. The Morgan fingerprint density at radius 2 is 1.90 bits per heavy atom. The van der Waals surface area contributed by atoms with Crippen LogP contribution in [0.15, 0.2) is 0 Å². The average molecular weight is 298 g/mol. The minimum Gasteiger partial charge on any atom is -0.481 e. The van der Waals surface area contributed by atoms with Gasteiger partial charge in [0.1, 0.15) is 6.61 Å². The quantitative estimate of drug-likeness (QED) is 0.867. The van der Waals surface area contributed by atoms with Crippen molar-refractivity contribution in [2.24, 2.45) is 5.41 Å². The molecular formula is C14H26N4O3. The van der Waals surface area contributed by atoms with Crippen molar-refractivity contribution in [2.75, 3.05) is 0 Å². The van der Waals surface area contributed by atoms with Crippen LogP contribution in [0.1, 0.15) is 66.3 Å². The summed E-state index contributed by atoms with van der Waals surface area (Å²) in [6.07, 6.45) is 0.664. The summed E-state index contributed by atoms with van der Waals surface area (Å²) in [4.78, 5) is 11.1. The van der Waals surface area contributed by atoms with Crippen LogP contribution in [-0.2, 0) is 16.1 Å². The highest BCUT2D eigenvalue weighted by atomic mass is 16.5. The van der Waals surface area contributed by atoms with Crippen molar-refractivity contribution in [3.8, 4) is 0 Å². The minimum absolute atomic E-state index is 0.00910. The van der Waals surface area contributed by atoms with Crippen molar-refractivity contribution in [1.29, 1.82) is 0 Å². The molecule has 0 radical (unpaired) electrons. The molecule has 1 aromatic heterocycles. The summed E-state index contributed by atoms with van der Waals surface area (Å²) < 4.78 is 7.28. The number of carboxylic acids is 1. The van der Waals surface area contributed by atoms with Gasteiger partial charge in [0.25, 0.3) is 0 Å².